The molecule has 0 spiro atoms. The van der Waals surface area contributed by atoms with E-state index in [0.717, 1.165) is 21.6 Å². The van der Waals surface area contributed by atoms with Crippen LogP contribution in [-0.4, -0.2) is 39.1 Å². The minimum Gasteiger partial charge on any atom is -0.495 e. The van der Waals surface area contributed by atoms with Crippen molar-refractivity contribution < 1.29 is 22.9 Å². The maximum absolute atomic E-state index is 13.6. The number of benzene rings is 3. The third-order valence-corrected chi connectivity index (χ3v) is 6.80. The quantitative estimate of drug-likeness (QED) is 0.274. The minimum atomic E-state index is -4.16. The number of nitro groups is 1. The van der Waals surface area contributed by atoms with Crippen molar-refractivity contribution in [2.75, 3.05) is 18.0 Å². The Balaban J connectivity index is 1.93. The summed E-state index contributed by atoms with van der Waals surface area (Å²) in [7, 11) is -2.75. The van der Waals surface area contributed by atoms with E-state index in [9.17, 15) is 23.3 Å². The van der Waals surface area contributed by atoms with Crippen LogP contribution < -0.4 is 14.5 Å². The van der Waals surface area contributed by atoms with Gasteiger partial charge in [0.25, 0.3) is 21.6 Å². The number of para-hydroxylation sites is 1. The molecule has 0 heterocycles. The molecule has 3 aromatic rings. The summed E-state index contributed by atoms with van der Waals surface area (Å²) in [6, 6.07) is 17.1. The van der Waals surface area contributed by atoms with E-state index in [2.05, 4.69) is 10.5 Å². The summed E-state index contributed by atoms with van der Waals surface area (Å²) in [6.45, 7) is 3.02. The monoisotopic (exact) mass is 496 g/mol. The topological polar surface area (TPSA) is 131 Å². The number of amides is 1. The third kappa shape index (κ3) is 6.01. The van der Waals surface area contributed by atoms with Crippen LogP contribution in [0.5, 0.6) is 5.75 Å². The van der Waals surface area contributed by atoms with Crippen LogP contribution in [0.2, 0.25) is 0 Å². The van der Waals surface area contributed by atoms with Gasteiger partial charge in [-0.2, -0.15) is 5.10 Å². The van der Waals surface area contributed by atoms with E-state index in [1.165, 1.54) is 37.4 Å². The molecule has 0 atom stereocenters. The smallest absolute Gasteiger partial charge is 0.278 e. The SMILES string of the molecule is COc1ccc(C)cc1N(CC(=O)N/N=C\c1ccccc1[N+](=O)[O-])S(=O)(=O)c1ccc(C)cc1. The highest BCUT2D eigenvalue weighted by Crippen LogP contribution is 2.33. The maximum atomic E-state index is 13.6. The number of nitrogens with zero attached hydrogens (tertiary/aromatic N) is 3. The van der Waals surface area contributed by atoms with E-state index in [4.69, 9.17) is 4.74 Å². The van der Waals surface area contributed by atoms with Gasteiger partial charge in [0.05, 0.1) is 34.4 Å². The van der Waals surface area contributed by atoms with E-state index in [0.29, 0.717) is 0 Å². The molecular formula is C24H24N4O6S. The average molecular weight is 497 g/mol. The van der Waals surface area contributed by atoms with Crippen molar-refractivity contribution in [3.8, 4) is 5.75 Å². The number of carbonyl (C=O) groups is 1. The van der Waals surface area contributed by atoms with Crippen molar-refractivity contribution in [3.05, 3.63) is 93.5 Å². The molecule has 0 unspecified atom stereocenters. The summed E-state index contributed by atoms with van der Waals surface area (Å²) < 4.78 is 33.4. The van der Waals surface area contributed by atoms with Gasteiger partial charge in [-0.1, -0.05) is 35.9 Å². The second-order valence-electron chi connectivity index (χ2n) is 7.61. The first-order chi connectivity index (χ1) is 16.6. The van der Waals surface area contributed by atoms with Crippen LogP contribution in [-0.2, 0) is 14.8 Å². The predicted molar refractivity (Wildman–Crippen MR) is 132 cm³/mol. The predicted octanol–water partition coefficient (Wildman–Crippen LogP) is 3.57. The number of sulfonamides is 1. The van der Waals surface area contributed by atoms with Crippen LogP contribution >= 0.6 is 0 Å². The zero-order valence-electron chi connectivity index (χ0n) is 19.3. The lowest BCUT2D eigenvalue weighted by atomic mass is 10.2. The summed E-state index contributed by atoms with van der Waals surface area (Å²) in [5.41, 5.74) is 4.07. The van der Waals surface area contributed by atoms with E-state index in [1.807, 2.05) is 6.92 Å². The molecule has 0 aliphatic carbocycles. The van der Waals surface area contributed by atoms with Gasteiger partial charge >= 0.3 is 0 Å². The molecule has 11 heteroatoms. The Kier molecular flexibility index (Phi) is 7.82. The van der Waals surface area contributed by atoms with Crippen molar-refractivity contribution >= 4 is 33.5 Å². The van der Waals surface area contributed by atoms with Crippen molar-refractivity contribution in [1.82, 2.24) is 5.43 Å². The second-order valence-corrected chi connectivity index (χ2v) is 9.47. The lowest BCUT2D eigenvalue weighted by Gasteiger charge is -2.25. The first kappa shape index (κ1) is 25.4. The number of rotatable bonds is 9. The van der Waals surface area contributed by atoms with E-state index in [-0.39, 0.29) is 27.6 Å². The summed E-state index contributed by atoms with van der Waals surface area (Å²) in [5, 5.41) is 14.9. The molecule has 35 heavy (non-hydrogen) atoms. The fourth-order valence-electron chi connectivity index (χ4n) is 3.23. The number of nitrogens with one attached hydrogen (secondary N) is 1. The Morgan fingerprint density at radius 1 is 1.09 bits per heavy atom. The van der Waals surface area contributed by atoms with Crippen molar-refractivity contribution in [1.29, 1.82) is 0 Å². The van der Waals surface area contributed by atoms with E-state index < -0.39 is 27.4 Å². The van der Waals surface area contributed by atoms with Gasteiger partial charge in [0, 0.05) is 6.07 Å². The number of hydrogen-bond acceptors (Lipinski definition) is 7. The van der Waals surface area contributed by atoms with Gasteiger partial charge in [-0.05, 0) is 49.7 Å². The largest absolute Gasteiger partial charge is 0.495 e. The number of methoxy groups -OCH3 is 1. The molecule has 0 aromatic heterocycles. The van der Waals surface area contributed by atoms with Crippen LogP contribution in [0.3, 0.4) is 0 Å². The number of nitro benzene ring substituents is 1. The van der Waals surface area contributed by atoms with Gasteiger partial charge in [0.15, 0.2) is 0 Å². The van der Waals surface area contributed by atoms with Gasteiger partial charge in [0.1, 0.15) is 12.3 Å². The lowest BCUT2D eigenvalue weighted by Crippen LogP contribution is -2.39. The van der Waals surface area contributed by atoms with Crippen LogP contribution in [0.15, 0.2) is 76.7 Å². The molecule has 3 rings (SSSR count). The molecule has 0 bridgehead atoms. The molecule has 0 saturated heterocycles. The molecule has 1 N–H and O–H groups in total. The molecule has 0 aliphatic heterocycles. The Morgan fingerprint density at radius 2 is 1.74 bits per heavy atom. The Labute approximate surface area is 203 Å². The van der Waals surface area contributed by atoms with Crippen molar-refractivity contribution in [2.24, 2.45) is 5.10 Å². The first-order valence-corrected chi connectivity index (χ1v) is 11.9. The molecule has 0 fully saturated rings. The number of hydrogen-bond donors (Lipinski definition) is 1. The summed E-state index contributed by atoms with van der Waals surface area (Å²) in [6.07, 6.45) is 1.13. The summed E-state index contributed by atoms with van der Waals surface area (Å²) in [5.74, 6) is -0.485. The third-order valence-electron chi connectivity index (χ3n) is 5.03. The second kappa shape index (κ2) is 10.8. The fraction of sp³-hybridized carbons (Fsp3) is 0.167. The molecule has 0 saturated carbocycles. The van der Waals surface area contributed by atoms with Gasteiger partial charge in [-0.15, -0.1) is 0 Å². The van der Waals surface area contributed by atoms with Gasteiger partial charge < -0.3 is 4.74 Å². The lowest BCUT2D eigenvalue weighted by molar-refractivity contribution is -0.385. The molecule has 182 valence electrons. The number of ether oxygens (including phenoxy) is 1. The van der Waals surface area contributed by atoms with Gasteiger partial charge in [0.2, 0.25) is 0 Å². The zero-order valence-corrected chi connectivity index (χ0v) is 20.2. The molecular weight excluding hydrogens is 472 g/mol. The van der Waals surface area contributed by atoms with Crippen molar-refractivity contribution in [3.63, 3.8) is 0 Å². The molecule has 0 aliphatic rings. The van der Waals surface area contributed by atoms with E-state index >= 15 is 0 Å². The molecule has 1 amide bonds. The van der Waals surface area contributed by atoms with E-state index in [1.54, 1.807) is 43.3 Å². The first-order valence-electron chi connectivity index (χ1n) is 10.4. The zero-order chi connectivity index (χ0) is 25.6. The highest BCUT2D eigenvalue weighted by atomic mass is 32.2. The number of hydrazone groups is 1. The van der Waals surface area contributed by atoms with Crippen molar-refractivity contribution in [2.45, 2.75) is 18.7 Å². The maximum Gasteiger partial charge on any atom is 0.278 e. The van der Waals surface area contributed by atoms with Crippen LogP contribution in [0.25, 0.3) is 0 Å². The Hall–Kier alpha value is -4.25. The van der Waals surface area contributed by atoms with Gasteiger partial charge in [-0.25, -0.2) is 13.8 Å². The summed E-state index contributed by atoms with van der Waals surface area (Å²) >= 11 is 0. The summed E-state index contributed by atoms with van der Waals surface area (Å²) in [4.78, 5) is 23.3. The van der Waals surface area contributed by atoms with Crippen LogP contribution in [0.1, 0.15) is 16.7 Å². The standard InChI is InChI=1S/C24H24N4O6S/c1-17-8-11-20(12-9-17)35(32,33)27(22-14-18(2)10-13-23(22)34-3)16-24(29)26-25-15-19-6-4-5-7-21(19)28(30)31/h4-15H,16H2,1-3H3,(H,26,29)/b25-15-. The fourth-order valence-corrected chi connectivity index (χ4v) is 4.66. The Morgan fingerprint density at radius 3 is 2.40 bits per heavy atom. The minimum absolute atomic E-state index is 0.00266. The average Bonchev–Trinajstić information content (AvgIpc) is 2.83. The molecule has 3 aromatic carbocycles. The van der Waals surface area contributed by atoms with Crippen LogP contribution in [0.4, 0.5) is 11.4 Å². The molecule has 0 radical (unpaired) electrons. The number of anilines is 1. The molecule has 10 nitrogen and oxygen atoms in total. The highest BCUT2D eigenvalue weighted by Gasteiger charge is 2.29. The number of carbonyl (C=O) groups excluding carboxylic acids is 1. The normalized spacial score (nSPS) is 11.3. The number of aryl methyl sites for hydroxylation is 2. The van der Waals surface area contributed by atoms with Gasteiger partial charge in [-0.3, -0.25) is 19.2 Å². The van der Waals surface area contributed by atoms with Crippen LogP contribution in [0, 0.1) is 24.0 Å². The Bertz CT molecular complexity index is 1370. The highest BCUT2D eigenvalue weighted by molar-refractivity contribution is 7.92.